The van der Waals surface area contributed by atoms with Gasteiger partial charge in [0.1, 0.15) is 6.04 Å². The fourth-order valence-electron chi connectivity index (χ4n) is 1.60. The third-order valence-electron chi connectivity index (χ3n) is 3.58. The molecule has 10 heteroatoms. The molecular formula is C18H36NO6PS2. The number of nitrogens with one attached hydrogen (secondary N) is 1. The molecule has 0 saturated heterocycles. The number of rotatable bonds is 12. The standard InChI is InChI=1S/C18H36NO6PS2/c1-12(2)25-16(21)14(4)19-26(27,24-11-13(3)15(5)20)23-9-10-28-17(22)18(6,7)8/h12-15,20H,9-11H2,1-8H3,(H,19,27). The smallest absolute Gasteiger partial charge is 0.323 e. The maximum absolute atomic E-state index is 12.1. The average Bonchev–Trinajstić information content (AvgIpc) is 2.54. The fraction of sp³-hybridized carbons (Fsp3) is 0.889. The van der Waals surface area contributed by atoms with Crippen molar-refractivity contribution >= 4 is 41.3 Å². The molecule has 4 unspecified atom stereocenters. The predicted octanol–water partition coefficient (Wildman–Crippen LogP) is 3.50. The van der Waals surface area contributed by atoms with Crippen molar-refractivity contribution < 1.29 is 28.5 Å². The number of thioether (sulfide) groups is 1. The highest BCUT2D eigenvalue weighted by Gasteiger charge is 2.28. The number of hydrogen-bond donors (Lipinski definition) is 2. The molecule has 4 atom stereocenters. The van der Waals surface area contributed by atoms with Crippen LogP contribution in [0.4, 0.5) is 0 Å². The fourth-order valence-corrected chi connectivity index (χ4v) is 4.95. The highest BCUT2D eigenvalue weighted by atomic mass is 32.5. The first-order valence-electron chi connectivity index (χ1n) is 9.40. The lowest BCUT2D eigenvalue weighted by Gasteiger charge is -2.28. The third-order valence-corrected chi connectivity index (χ3v) is 7.49. The zero-order chi connectivity index (χ0) is 22.1. The zero-order valence-corrected chi connectivity index (χ0v) is 20.7. The summed E-state index contributed by atoms with van der Waals surface area (Å²) >= 11 is 6.72. The molecule has 0 radical (unpaired) electrons. The minimum Gasteiger partial charge on any atom is -0.462 e. The van der Waals surface area contributed by atoms with E-state index in [1.807, 2.05) is 27.7 Å². The lowest BCUT2D eigenvalue weighted by Crippen LogP contribution is -2.36. The molecule has 0 aromatic carbocycles. The second kappa shape index (κ2) is 12.6. The molecule has 166 valence electrons. The van der Waals surface area contributed by atoms with E-state index in [1.54, 1.807) is 27.7 Å². The summed E-state index contributed by atoms with van der Waals surface area (Å²) in [7, 11) is 0. The molecule has 0 aliphatic carbocycles. The van der Waals surface area contributed by atoms with Crippen molar-refractivity contribution in [2.45, 2.75) is 73.6 Å². The number of ether oxygens (including phenoxy) is 1. The van der Waals surface area contributed by atoms with Crippen LogP contribution in [0.5, 0.6) is 0 Å². The van der Waals surface area contributed by atoms with Crippen molar-refractivity contribution in [3.8, 4) is 0 Å². The Morgan fingerprint density at radius 1 is 1.14 bits per heavy atom. The quantitative estimate of drug-likeness (QED) is 0.259. The number of hydrogen-bond acceptors (Lipinski definition) is 8. The van der Waals surface area contributed by atoms with Gasteiger partial charge in [-0.05, 0) is 39.5 Å². The average molecular weight is 458 g/mol. The third kappa shape index (κ3) is 11.9. The van der Waals surface area contributed by atoms with Crippen molar-refractivity contribution in [2.24, 2.45) is 11.3 Å². The Balaban J connectivity index is 4.90. The number of carbonyl (C=O) groups is 2. The van der Waals surface area contributed by atoms with E-state index in [4.69, 9.17) is 25.6 Å². The van der Waals surface area contributed by atoms with Gasteiger partial charge in [-0.1, -0.05) is 39.5 Å². The molecule has 0 aromatic heterocycles. The van der Waals surface area contributed by atoms with Gasteiger partial charge < -0.3 is 18.9 Å². The van der Waals surface area contributed by atoms with Crippen LogP contribution >= 0.6 is 18.4 Å². The minimum absolute atomic E-state index is 0.0647. The van der Waals surface area contributed by atoms with E-state index >= 15 is 0 Å². The molecule has 0 rings (SSSR count). The second-order valence-electron chi connectivity index (χ2n) is 8.07. The van der Waals surface area contributed by atoms with Crippen LogP contribution in [0.1, 0.15) is 55.4 Å². The maximum atomic E-state index is 12.1. The van der Waals surface area contributed by atoms with E-state index in [0.717, 1.165) is 0 Å². The molecule has 2 N–H and O–H groups in total. The van der Waals surface area contributed by atoms with E-state index in [2.05, 4.69) is 5.09 Å². The topological polar surface area (TPSA) is 94.1 Å². The highest BCUT2D eigenvalue weighted by Crippen LogP contribution is 2.45. The maximum Gasteiger partial charge on any atom is 0.323 e. The van der Waals surface area contributed by atoms with Crippen LogP contribution in [0.3, 0.4) is 0 Å². The zero-order valence-electron chi connectivity index (χ0n) is 18.2. The van der Waals surface area contributed by atoms with Crippen molar-refractivity contribution in [3.05, 3.63) is 0 Å². The molecule has 0 spiro atoms. The molecule has 7 nitrogen and oxygen atoms in total. The Morgan fingerprint density at radius 2 is 1.71 bits per heavy atom. The second-order valence-corrected chi connectivity index (χ2v) is 12.3. The summed E-state index contributed by atoms with van der Waals surface area (Å²) in [6.07, 6.45) is -0.807. The van der Waals surface area contributed by atoms with E-state index in [0.29, 0.717) is 5.75 Å². The molecule has 0 aliphatic rings. The Kier molecular flexibility index (Phi) is 12.6. The lowest BCUT2D eigenvalue weighted by atomic mass is 10.00. The van der Waals surface area contributed by atoms with Crippen LogP contribution in [0.2, 0.25) is 0 Å². The van der Waals surface area contributed by atoms with E-state index in [9.17, 15) is 14.7 Å². The summed E-state index contributed by atoms with van der Waals surface area (Å²) in [5, 5.41) is 12.7. The summed E-state index contributed by atoms with van der Waals surface area (Å²) in [5.41, 5.74) is -0.429. The minimum atomic E-state index is -3.02. The van der Waals surface area contributed by atoms with Crippen molar-refractivity contribution in [1.82, 2.24) is 5.09 Å². The number of aliphatic hydroxyl groups is 1. The summed E-state index contributed by atoms with van der Waals surface area (Å²) in [6.45, 7) is 11.6. The molecule has 0 aromatic rings. The van der Waals surface area contributed by atoms with Gasteiger partial charge in [0.15, 0.2) is 5.12 Å². The van der Waals surface area contributed by atoms with Crippen molar-refractivity contribution in [3.63, 3.8) is 0 Å². The molecule has 0 amide bonds. The van der Waals surface area contributed by atoms with Gasteiger partial charge in [-0.15, -0.1) is 0 Å². The molecule has 0 aliphatic heterocycles. The van der Waals surface area contributed by atoms with Gasteiger partial charge >= 0.3 is 5.97 Å². The van der Waals surface area contributed by atoms with Crippen molar-refractivity contribution in [2.75, 3.05) is 19.0 Å². The van der Waals surface area contributed by atoms with E-state index in [-0.39, 0.29) is 30.4 Å². The summed E-state index contributed by atoms with van der Waals surface area (Å²) in [5.74, 6) is -0.171. The molecule has 28 heavy (non-hydrogen) atoms. The first kappa shape index (κ1) is 28.0. The van der Waals surface area contributed by atoms with E-state index < -0.39 is 30.2 Å². The molecule has 0 saturated carbocycles. The molecule has 0 heterocycles. The Bertz CT molecular complexity index is 551. The van der Waals surface area contributed by atoms with Crippen LogP contribution in [0.25, 0.3) is 0 Å². The van der Waals surface area contributed by atoms with Gasteiger partial charge in [0.25, 0.3) is 6.64 Å². The summed E-state index contributed by atoms with van der Waals surface area (Å²) in [6, 6.07) is -0.709. The number of aliphatic hydroxyl groups excluding tert-OH is 1. The Hall–Kier alpha value is -0.0200. The normalized spacial score (nSPS) is 17.6. The first-order chi connectivity index (χ1) is 12.7. The van der Waals surface area contributed by atoms with Gasteiger partial charge in [-0.25, -0.2) is 5.09 Å². The first-order valence-corrected chi connectivity index (χ1v) is 13.0. The molecule has 0 fully saturated rings. The van der Waals surface area contributed by atoms with Gasteiger partial charge in [-0.2, -0.15) is 0 Å². The predicted molar refractivity (Wildman–Crippen MR) is 118 cm³/mol. The van der Waals surface area contributed by atoms with Crippen LogP contribution in [0, 0.1) is 11.3 Å². The Morgan fingerprint density at radius 3 is 2.18 bits per heavy atom. The molecular weight excluding hydrogens is 421 g/mol. The SMILES string of the molecule is CC(C)OC(=O)C(C)NP(=S)(OCCSC(=O)C(C)(C)C)OCC(C)C(C)O. The Labute approximate surface area is 178 Å². The lowest BCUT2D eigenvalue weighted by molar-refractivity contribution is -0.149. The van der Waals surface area contributed by atoms with Crippen molar-refractivity contribution in [1.29, 1.82) is 0 Å². The highest BCUT2D eigenvalue weighted by molar-refractivity contribution is 8.13. The summed E-state index contributed by atoms with van der Waals surface area (Å²) < 4.78 is 16.7. The van der Waals surface area contributed by atoms with Gasteiger partial charge in [0.2, 0.25) is 0 Å². The van der Waals surface area contributed by atoms with Crippen LogP contribution in [-0.4, -0.2) is 53.4 Å². The van der Waals surface area contributed by atoms with Gasteiger partial charge in [-0.3, -0.25) is 9.59 Å². The van der Waals surface area contributed by atoms with Gasteiger partial charge in [0.05, 0.1) is 25.4 Å². The van der Waals surface area contributed by atoms with Gasteiger partial charge in [0, 0.05) is 17.1 Å². The van der Waals surface area contributed by atoms with Crippen LogP contribution in [0.15, 0.2) is 0 Å². The summed E-state index contributed by atoms with van der Waals surface area (Å²) in [4.78, 5) is 24.1. The van der Waals surface area contributed by atoms with Crippen LogP contribution in [-0.2, 0) is 35.2 Å². The number of esters is 1. The molecule has 0 bridgehead atoms. The van der Waals surface area contributed by atoms with E-state index in [1.165, 1.54) is 11.8 Å². The number of carbonyl (C=O) groups excluding carboxylic acids is 2. The largest absolute Gasteiger partial charge is 0.462 e. The van der Waals surface area contributed by atoms with Crippen LogP contribution < -0.4 is 5.09 Å². The monoisotopic (exact) mass is 457 g/mol.